The summed E-state index contributed by atoms with van der Waals surface area (Å²) >= 11 is 5.84. The van der Waals surface area contributed by atoms with Crippen molar-refractivity contribution in [1.29, 1.82) is 0 Å². The molecular formula is C16H21ClN2O3. The van der Waals surface area contributed by atoms with E-state index in [1.165, 1.54) is 0 Å². The van der Waals surface area contributed by atoms with E-state index in [4.69, 9.17) is 16.3 Å². The van der Waals surface area contributed by atoms with Crippen LogP contribution < -0.4 is 5.32 Å². The number of carbonyl (C=O) groups is 2. The van der Waals surface area contributed by atoms with Crippen LogP contribution in [-0.2, 0) is 16.0 Å². The molecule has 1 aromatic carbocycles. The summed E-state index contributed by atoms with van der Waals surface area (Å²) in [6.45, 7) is 3.37. The van der Waals surface area contributed by atoms with Crippen LogP contribution in [-0.4, -0.2) is 42.6 Å². The fourth-order valence-corrected chi connectivity index (χ4v) is 2.68. The predicted octanol–water partition coefficient (Wildman–Crippen LogP) is 2.62. The molecule has 0 aliphatic carbocycles. The number of halogens is 1. The lowest BCUT2D eigenvalue weighted by molar-refractivity contribution is -0.131. The number of rotatable bonds is 4. The van der Waals surface area contributed by atoms with E-state index < -0.39 is 6.09 Å². The molecule has 1 aromatic rings. The molecule has 1 saturated heterocycles. The summed E-state index contributed by atoms with van der Waals surface area (Å²) < 4.78 is 4.88. The maximum absolute atomic E-state index is 12.4. The quantitative estimate of drug-likeness (QED) is 0.926. The molecule has 0 bridgehead atoms. The Kier molecular flexibility index (Phi) is 6.07. The molecule has 0 radical (unpaired) electrons. The van der Waals surface area contributed by atoms with Gasteiger partial charge in [-0.15, -0.1) is 0 Å². The van der Waals surface area contributed by atoms with Crippen molar-refractivity contribution >= 4 is 23.6 Å². The van der Waals surface area contributed by atoms with Crippen LogP contribution in [0.4, 0.5) is 4.79 Å². The van der Waals surface area contributed by atoms with E-state index in [1.807, 2.05) is 12.1 Å². The van der Waals surface area contributed by atoms with Gasteiger partial charge in [-0.05, 0) is 37.5 Å². The van der Waals surface area contributed by atoms with Crippen LogP contribution in [0.3, 0.4) is 0 Å². The van der Waals surface area contributed by atoms with Crippen LogP contribution in [0, 0.1) is 0 Å². The first-order valence-corrected chi connectivity index (χ1v) is 7.91. The lowest BCUT2D eigenvalue weighted by Crippen LogP contribution is -2.50. The predicted molar refractivity (Wildman–Crippen MR) is 84.9 cm³/mol. The van der Waals surface area contributed by atoms with Gasteiger partial charge in [0.15, 0.2) is 0 Å². The number of benzene rings is 1. The summed E-state index contributed by atoms with van der Waals surface area (Å²) in [6.07, 6.45) is 1.68. The van der Waals surface area contributed by atoms with Crippen molar-refractivity contribution in [3.8, 4) is 0 Å². The zero-order valence-electron chi connectivity index (χ0n) is 12.7. The van der Waals surface area contributed by atoms with E-state index in [0.717, 1.165) is 24.9 Å². The Morgan fingerprint density at radius 3 is 2.77 bits per heavy atom. The molecule has 1 aliphatic rings. The first kappa shape index (κ1) is 16.6. The van der Waals surface area contributed by atoms with Crippen molar-refractivity contribution < 1.29 is 14.3 Å². The van der Waals surface area contributed by atoms with Gasteiger partial charge >= 0.3 is 6.09 Å². The van der Waals surface area contributed by atoms with Crippen LogP contribution in [0.1, 0.15) is 25.3 Å². The number of amides is 2. The summed E-state index contributed by atoms with van der Waals surface area (Å²) in [5.74, 6) is 0.0673. The van der Waals surface area contributed by atoms with Gasteiger partial charge in [-0.25, -0.2) is 4.79 Å². The van der Waals surface area contributed by atoms with Crippen LogP contribution in [0.5, 0.6) is 0 Å². The molecule has 2 amide bonds. The van der Waals surface area contributed by atoms with Gasteiger partial charge in [-0.3, -0.25) is 4.79 Å². The van der Waals surface area contributed by atoms with E-state index in [9.17, 15) is 9.59 Å². The molecule has 1 fully saturated rings. The van der Waals surface area contributed by atoms with E-state index in [2.05, 4.69) is 5.32 Å². The first-order valence-electron chi connectivity index (χ1n) is 7.54. The Hall–Kier alpha value is -1.75. The highest BCUT2D eigenvalue weighted by atomic mass is 35.5. The second-order valence-electron chi connectivity index (χ2n) is 5.35. The van der Waals surface area contributed by atoms with Gasteiger partial charge in [0.1, 0.15) is 0 Å². The standard InChI is InChI=1S/C16H21ClN2O3/c1-2-22-16(21)18-14-4-3-9-19(11-14)15(20)10-12-5-7-13(17)8-6-12/h5-8,14H,2-4,9-11H2,1H3,(H,18,21)/t14-/m1/s1. The highest BCUT2D eigenvalue weighted by Gasteiger charge is 2.25. The highest BCUT2D eigenvalue weighted by molar-refractivity contribution is 6.30. The summed E-state index contributed by atoms with van der Waals surface area (Å²) in [6, 6.07) is 7.25. The minimum Gasteiger partial charge on any atom is -0.450 e. The molecule has 120 valence electrons. The third-order valence-corrected chi connectivity index (χ3v) is 3.89. The second kappa shape index (κ2) is 8.03. The van der Waals surface area contributed by atoms with Crippen LogP contribution in [0.15, 0.2) is 24.3 Å². The van der Waals surface area contributed by atoms with Gasteiger partial charge < -0.3 is 15.0 Å². The molecule has 0 spiro atoms. The first-order chi connectivity index (χ1) is 10.6. The Morgan fingerprint density at radius 1 is 1.36 bits per heavy atom. The molecule has 5 nitrogen and oxygen atoms in total. The Balaban J connectivity index is 1.87. The highest BCUT2D eigenvalue weighted by Crippen LogP contribution is 2.14. The molecule has 0 aromatic heterocycles. The maximum atomic E-state index is 12.4. The van der Waals surface area contributed by atoms with E-state index >= 15 is 0 Å². The number of carbonyl (C=O) groups excluding carboxylic acids is 2. The van der Waals surface area contributed by atoms with Crippen molar-refractivity contribution in [3.63, 3.8) is 0 Å². The zero-order valence-corrected chi connectivity index (χ0v) is 13.4. The largest absolute Gasteiger partial charge is 0.450 e. The maximum Gasteiger partial charge on any atom is 0.407 e. The van der Waals surface area contributed by atoms with Crippen LogP contribution in [0.2, 0.25) is 5.02 Å². The van der Waals surface area contributed by atoms with Gasteiger partial charge in [0, 0.05) is 24.2 Å². The molecule has 1 N–H and O–H groups in total. The Morgan fingerprint density at radius 2 is 2.09 bits per heavy atom. The minimum atomic E-state index is -0.417. The molecule has 22 heavy (non-hydrogen) atoms. The molecule has 6 heteroatoms. The minimum absolute atomic E-state index is 0.0398. The van der Waals surface area contributed by atoms with Crippen molar-refractivity contribution in [3.05, 3.63) is 34.9 Å². The smallest absolute Gasteiger partial charge is 0.407 e. The molecule has 1 heterocycles. The van der Waals surface area contributed by atoms with Gasteiger partial charge in [-0.1, -0.05) is 23.7 Å². The number of hydrogen-bond donors (Lipinski definition) is 1. The molecule has 1 aliphatic heterocycles. The van der Waals surface area contributed by atoms with Gasteiger partial charge in [-0.2, -0.15) is 0 Å². The Bertz CT molecular complexity index is 519. The molecule has 0 saturated carbocycles. The average Bonchev–Trinajstić information content (AvgIpc) is 2.50. The number of likely N-dealkylation sites (tertiary alicyclic amines) is 1. The summed E-state index contributed by atoms with van der Waals surface area (Å²) in [4.78, 5) is 25.6. The third kappa shape index (κ3) is 4.91. The van der Waals surface area contributed by atoms with Crippen molar-refractivity contribution in [2.24, 2.45) is 0 Å². The molecule has 0 unspecified atom stereocenters. The third-order valence-electron chi connectivity index (χ3n) is 3.64. The summed E-state index contributed by atoms with van der Waals surface area (Å²) in [5.41, 5.74) is 0.940. The fourth-order valence-electron chi connectivity index (χ4n) is 2.55. The van der Waals surface area contributed by atoms with Crippen LogP contribution in [0.25, 0.3) is 0 Å². The van der Waals surface area contributed by atoms with Crippen molar-refractivity contribution in [2.75, 3.05) is 19.7 Å². The van der Waals surface area contributed by atoms with Crippen molar-refractivity contribution in [2.45, 2.75) is 32.2 Å². The van der Waals surface area contributed by atoms with Crippen LogP contribution >= 0.6 is 11.6 Å². The Labute approximate surface area is 135 Å². The SMILES string of the molecule is CCOC(=O)N[C@@H]1CCCN(C(=O)Cc2ccc(Cl)cc2)C1. The van der Waals surface area contributed by atoms with E-state index in [-0.39, 0.29) is 11.9 Å². The van der Waals surface area contributed by atoms with Crippen molar-refractivity contribution in [1.82, 2.24) is 10.2 Å². The number of hydrogen-bond acceptors (Lipinski definition) is 3. The monoisotopic (exact) mass is 324 g/mol. The number of nitrogens with zero attached hydrogens (tertiary/aromatic N) is 1. The normalized spacial score (nSPS) is 17.9. The molecule has 2 rings (SSSR count). The summed E-state index contributed by atoms with van der Waals surface area (Å²) in [7, 11) is 0. The lowest BCUT2D eigenvalue weighted by atomic mass is 10.0. The number of nitrogens with one attached hydrogen (secondary N) is 1. The van der Waals surface area contributed by atoms with Gasteiger partial charge in [0.05, 0.1) is 13.0 Å². The zero-order chi connectivity index (χ0) is 15.9. The number of alkyl carbamates (subject to hydrolysis) is 1. The lowest BCUT2D eigenvalue weighted by Gasteiger charge is -2.33. The van der Waals surface area contributed by atoms with Gasteiger partial charge in [0.2, 0.25) is 5.91 Å². The second-order valence-corrected chi connectivity index (χ2v) is 5.78. The topological polar surface area (TPSA) is 58.6 Å². The van der Waals surface area contributed by atoms with Gasteiger partial charge in [0.25, 0.3) is 0 Å². The van der Waals surface area contributed by atoms with E-state index in [1.54, 1.807) is 24.0 Å². The summed E-state index contributed by atoms with van der Waals surface area (Å²) in [5, 5.41) is 3.46. The fraction of sp³-hybridized carbons (Fsp3) is 0.500. The number of ether oxygens (including phenoxy) is 1. The number of piperidine rings is 1. The molecule has 1 atom stereocenters. The molecular weight excluding hydrogens is 304 g/mol. The average molecular weight is 325 g/mol. The van der Waals surface area contributed by atoms with E-state index in [0.29, 0.717) is 24.6 Å².